The van der Waals surface area contributed by atoms with E-state index in [0.29, 0.717) is 6.42 Å². The van der Waals surface area contributed by atoms with Crippen LogP contribution >= 0.6 is 0 Å². The Balaban J connectivity index is 2.43. The van der Waals surface area contributed by atoms with Crippen LogP contribution < -0.4 is 0 Å². The molecular weight excluding hydrogens is 188 g/mol. The molecule has 1 aromatic rings. The van der Waals surface area contributed by atoms with Crippen molar-refractivity contribution in [1.82, 2.24) is 9.78 Å². The fraction of sp³-hybridized carbons (Fsp3) is 0.667. The van der Waals surface area contributed by atoms with E-state index in [2.05, 4.69) is 12.0 Å². The van der Waals surface area contributed by atoms with Gasteiger partial charge in [0.2, 0.25) is 5.91 Å². The minimum absolute atomic E-state index is 0.122. The summed E-state index contributed by atoms with van der Waals surface area (Å²) in [6.07, 6.45) is 5.15. The maximum absolute atomic E-state index is 11.7. The van der Waals surface area contributed by atoms with E-state index in [-0.39, 0.29) is 5.91 Å². The molecule has 1 heterocycles. The zero-order chi connectivity index (χ0) is 11.3. The van der Waals surface area contributed by atoms with Gasteiger partial charge >= 0.3 is 0 Å². The van der Waals surface area contributed by atoms with E-state index in [9.17, 15) is 4.79 Å². The van der Waals surface area contributed by atoms with Crippen LogP contribution in [0.2, 0.25) is 0 Å². The van der Waals surface area contributed by atoms with Gasteiger partial charge in [-0.25, -0.2) is 4.68 Å². The fourth-order valence-corrected chi connectivity index (χ4v) is 1.69. The summed E-state index contributed by atoms with van der Waals surface area (Å²) < 4.78 is 1.53. The number of hydrogen-bond donors (Lipinski definition) is 0. The summed E-state index contributed by atoms with van der Waals surface area (Å²) in [7, 11) is 0. The summed E-state index contributed by atoms with van der Waals surface area (Å²) in [4.78, 5) is 11.7. The monoisotopic (exact) mass is 208 g/mol. The van der Waals surface area contributed by atoms with E-state index >= 15 is 0 Å². The molecule has 84 valence electrons. The fourth-order valence-electron chi connectivity index (χ4n) is 1.69. The molecule has 0 aliphatic heterocycles. The van der Waals surface area contributed by atoms with Crippen LogP contribution in [0.25, 0.3) is 0 Å². The van der Waals surface area contributed by atoms with Gasteiger partial charge in [-0.2, -0.15) is 5.10 Å². The Labute approximate surface area is 91.5 Å². The highest BCUT2D eigenvalue weighted by molar-refractivity contribution is 5.78. The maximum Gasteiger partial charge on any atom is 0.247 e. The summed E-state index contributed by atoms with van der Waals surface area (Å²) in [5.41, 5.74) is 1.85. The molecular formula is C12H20N2O. The van der Waals surface area contributed by atoms with Gasteiger partial charge in [0, 0.05) is 12.1 Å². The number of hydrogen-bond acceptors (Lipinski definition) is 2. The Hall–Kier alpha value is -1.12. The van der Waals surface area contributed by atoms with Crippen LogP contribution in [0.1, 0.15) is 55.2 Å². The van der Waals surface area contributed by atoms with Crippen LogP contribution in [0.5, 0.6) is 0 Å². The number of carbonyl (C=O) groups excluding carboxylic acids is 1. The lowest BCUT2D eigenvalue weighted by Gasteiger charge is -2.02. The Morgan fingerprint density at radius 3 is 2.60 bits per heavy atom. The molecule has 0 unspecified atom stereocenters. The summed E-state index contributed by atoms with van der Waals surface area (Å²) in [5, 5.41) is 4.18. The van der Waals surface area contributed by atoms with Gasteiger partial charge in [0.05, 0.1) is 5.69 Å². The molecule has 0 spiro atoms. The van der Waals surface area contributed by atoms with Gasteiger partial charge in [0.1, 0.15) is 0 Å². The zero-order valence-corrected chi connectivity index (χ0v) is 9.92. The van der Waals surface area contributed by atoms with E-state index in [1.807, 2.05) is 19.9 Å². The number of carbonyl (C=O) groups is 1. The number of nitrogens with zero attached hydrogens (tertiary/aromatic N) is 2. The largest absolute Gasteiger partial charge is 0.273 e. The third-order valence-corrected chi connectivity index (χ3v) is 2.49. The molecule has 15 heavy (non-hydrogen) atoms. The Kier molecular flexibility index (Phi) is 4.53. The minimum atomic E-state index is 0.122. The zero-order valence-electron chi connectivity index (χ0n) is 9.92. The lowest BCUT2D eigenvalue weighted by Crippen LogP contribution is -2.13. The third kappa shape index (κ3) is 3.50. The molecule has 0 amide bonds. The third-order valence-electron chi connectivity index (χ3n) is 2.49. The molecule has 1 rings (SSSR count). The summed E-state index contributed by atoms with van der Waals surface area (Å²) in [6, 6.07) is 1.93. The van der Waals surface area contributed by atoms with E-state index in [0.717, 1.165) is 24.2 Å². The number of aryl methyl sites for hydroxylation is 2. The topological polar surface area (TPSA) is 34.9 Å². The van der Waals surface area contributed by atoms with Crippen LogP contribution in [0, 0.1) is 13.8 Å². The first-order valence-electron chi connectivity index (χ1n) is 5.71. The van der Waals surface area contributed by atoms with Gasteiger partial charge in [0.25, 0.3) is 0 Å². The molecule has 3 heteroatoms. The molecule has 0 aliphatic rings. The molecule has 1 aromatic heterocycles. The SMILES string of the molecule is CCCCCCC(=O)n1nc(C)cc1C. The van der Waals surface area contributed by atoms with E-state index in [1.165, 1.54) is 17.5 Å². The second kappa shape index (κ2) is 5.69. The van der Waals surface area contributed by atoms with Crippen LogP contribution in [0.4, 0.5) is 0 Å². The molecule has 0 N–H and O–H groups in total. The summed E-state index contributed by atoms with van der Waals surface area (Å²) in [6.45, 7) is 6.00. The van der Waals surface area contributed by atoms with E-state index < -0.39 is 0 Å². The van der Waals surface area contributed by atoms with Crippen molar-refractivity contribution in [2.24, 2.45) is 0 Å². The Morgan fingerprint density at radius 1 is 1.33 bits per heavy atom. The molecule has 0 radical (unpaired) electrons. The second-order valence-corrected chi connectivity index (χ2v) is 4.04. The summed E-state index contributed by atoms with van der Waals surface area (Å²) in [5.74, 6) is 0.122. The lowest BCUT2D eigenvalue weighted by atomic mass is 10.1. The van der Waals surface area contributed by atoms with Crippen molar-refractivity contribution in [3.63, 3.8) is 0 Å². The highest BCUT2D eigenvalue weighted by Crippen LogP contribution is 2.07. The van der Waals surface area contributed by atoms with Crippen LogP contribution in [0.15, 0.2) is 6.07 Å². The first-order valence-corrected chi connectivity index (χ1v) is 5.71. The van der Waals surface area contributed by atoms with Crippen molar-refractivity contribution < 1.29 is 4.79 Å². The molecule has 0 saturated carbocycles. The first kappa shape index (κ1) is 12.0. The number of aromatic nitrogens is 2. The predicted molar refractivity (Wildman–Crippen MR) is 61.1 cm³/mol. The highest BCUT2D eigenvalue weighted by atomic mass is 16.2. The van der Waals surface area contributed by atoms with Crippen molar-refractivity contribution in [3.8, 4) is 0 Å². The van der Waals surface area contributed by atoms with E-state index in [4.69, 9.17) is 0 Å². The standard InChI is InChI=1S/C12H20N2O/c1-4-5-6-7-8-12(15)14-11(3)9-10(2)13-14/h9H,4-8H2,1-3H3. The smallest absolute Gasteiger partial charge is 0.247 e. The molecule has 0 aromatic carbocycles. The molecule has 0 atom stereocenters. The average molecular weight is 208 g/mol. The van der Waals surface area contributed by atoms with Crippen molar-refractivity contribution in [2.75, 3.05) is 0 Å². The van der Waals surface area contributed by atoms with Gasteiger partial charge in [-0.3, -0.25) is 4.79 Å². The normalized spacial score (nSPS) is 10.6. The van der Waals surface area contributed by atoms with Crippen molar-refractivity contribution in [1.29, 1.82) is 0 Å². The van der Waals surface area contributed by atoms with Gasteiger partial charge in [-0.15, -0.1) is 0 Å². The number of unbranched alkanes of at least 4 members (excludes halogenated alkanes) is 3. The van der Waals surface area contributed by atoms with Crippen LogP contribution in [-0.2, 0) is 0 Å². The van der Waals surface area contributed by atoms with Gasteiger partial charge in [-0.1, -0.05) is 26.2 Å². The van der Waals surface area contributed by atoms with E-state index in [1.54, 1.807) is 0 Å². The van der Waals surface area contributed by atoms with Crippen LogP contribution in [0.3, 0.4) is 0 Å². The van der Waals surface area contributed by atoms with Crippen molar-refractivity contribution >= 4 is 5.91 Å². The molecule has 0 bridgehead atoms. The predicted octanol–water partition coefficient (Wildman–Crippen LogP) is 3.11. The van der Waals surface area contributed by atoms with Crippen molar-refractivity contribution in [2.45, 2.75) is 52.9 Å². The highest BCUT2D eigenvalue weighted by Gasteiger charge is 2.08. The lowest BCUT2D eigenvalue weighted by molar-refractivity contribution is 0.0880. The van der Waals surface area contributed by atoms with Gasteiger partial charge in [0.15, 0.2) is 0 Å². The molecule has 0 aliphatic carbocycles. The first-order chi connectivity index (χ1) is 7.15. The Bertz CT molecular complexity index is 328. The molecule has 3 nitrogen and oxygen atoms in total. The van der Waals surface area contributed by atoms with Gasteiger partial charge < -0.3 is 0 Å². The van der Waals surface area contributed by atoms with Gasteiger partial charge in [-0.05, 0) is 26.3 Å². The Morgan fingerprint density at radius 2 is 2.07 bits per heavy atom. The molecule has 0 saturated heterocycles. The second-order valence-electron chi connectivity index (χ2n) is 4.04. The quantitative estimate of drug-likeness (QED) is 0.697. The van der Waals surface area contributed by atoms with Crippen LogP contribution in [-0.4, -0.2) is 15.7 Å². The summed E-state index contributed by atoms with van der Waals surface area (Å²) >= 11 is 0. The minimum Gasteiger partial charge on any atom is -0.273 e. The average Bonchev–Trinajstić information content (AvgIpc) is 2.52. The number of rotatable bonds is 5. The maximum atomic E-state index is 11.7. The van der Waals surface area contributed by atoms with Crippen molar-refractivity contribution in [3.05, 3.63) is 17.5 Å². The molecule has 0 fully saturated rings.